The SMILES string of the molecule is CC(=O)N1CCC[C@@](O)(C(=O)N(C)Cc2ccc(Cl)cc2)C1. The number of piperidine rings is 1. The highest BCUT2D eigenvalue weighted by atomic mass is 35.5. The minimum absolute atomic E-state index is 0.0616. The van der Waals surface area contributed by atoms with Gasteiger partial charge in [-0.1, -0.05) is 23.7 Å². The van der Waals surface area contributed by atoms with E-state index < -0.39 is 5.60 Å². The number of likely N-dealkylation sites (N-methyl/N-ethyl adjacent to an activating group) is 1. The first-order valence-electron chi connectivity index (χ1n) is 7.30. The molecule has 0 saturated carbocycles. The van der Waals surface area contributed by atoms with Crippen molar-refractivity contribution in [2.45, 2.75) is 31.9 Å². The summed E-state index contributed by atoms with van der Waals surface area (Å²) in [6.07, 6.45) is 0.997. The van der Waals surface area contributed by atoms with Crippen LogP contribution in [0.15, 0.2) is 24.3 Å². The number of benzene rings is 1. The Hall–Kier alpha value is -1.59. The van der Waals surface area contributed by atoms with E-state index >= 15 is 0 Å². The highest BCUT2D eigenvalue weighted by Crippen LogP contribution is 2.24. The molecule has 0 aliphatic carbocycles. The van der Waals surface area contributed by atoms with Crippen LogP contribution in [-0.2, 0) is 16.1 Å². The molecule has 0 aromatic heterocycles. The number of hydrogen-bond acceptors (Lipinski definition) is 3. The summed E-state index contributed by atoms with van der Waals surface area (Å²) in [5.74, 6) is -0.473. The molecule has 1 aliphatic rings. The second-order valence-corrected chi connectivity index (χ2v) is 6.30. The summed E-state index contributed by atoms with van der Waals surface area (Å²) in [5, 5.41) is 11.3. The third-order valence-electron chi connectivity index (χ3n) is 3.99. The van der Waals surface area contributed by atoms with Crippen LogP contribution in [0.2, 0.25) is 5.02 Å². The molecule has 120 valence electrons. The monoisotopic (exact) mass is 324 g/mol. The average molecular weight is 325 g/mol. The van der Waals surface area contributed by atoms with E-state index in [9.17, 15) is 14.7 Å². The molecule has 1 fully saturated rings. The number of aliphatic hydroxyl groups is 1. The van der Waals surface area contributed by atoms with Crippen molar-refractivity contribution in [1.29, 1.82) is 0 Å². The number of amides is 2. The topological polar surface area (TPSA) is 60.9 Å². The molecule has 6 heteroatoms. The van der Waals surface area contributed by atoms with E-state index in [-0.39, 0.29) is 18.4 Å². The zero-order valence-electron chi connectivity index (χ0n) is 12.9. The maximum absolute atomic E-state index is 12.6. The lowest BCUT2D eigenvalue weighted by Gasteiger charge is -2.39. The number of halogens is 1. The molecule has 0 bridgehead atoms. The number of carbonyl (C=O) groups excluding carboxylic acids is 2. The van der Waals surface area contributed by atoms with Crippen LogP contribution in [0.3, 0.4) is 0 Å². The van der Waals surface area contributed by atoms with Gasteiger partial charge in [-0.3, -0.25) is 9.59 Å². The van der Waals surface area contributed by atoms with E-state index in [0.717, 1.165) is 5.56 Å². The van der Waals surface area contributed by atoms with Crippen LogP contribution >= 0.6 is 11.6 Å². The van der Waals surface area contributed by atoms with Crippen molar-refractivity contribution in [3.05, 3.63) is 34.9 Å². The van der Waals surface area contributed by atoms with Crippen molar-refractivity contribution < 1.29 is 14.7 Å². The van der Waals surface area contributed by atoms with Crippen LogP contribution in [0, 0.1) is 0 Å². The Labute approximate surface area is 135 Å². The van der Waals surface area contributed by atoms with Gasteiger partial charge >= 0.3 is 0 Å². The van der Waals surface area contributed by atoms with Crippen LogP contribution in [0.1, 0.15) is 25.3 Å². The number of likely N-dealkylation sites (tertiary alicyclic amines) is 1. The fourth-order valence-electron chi connectivity index (χ4n) is 2.77. The summed E-state index contributed by atoms with van der Waals surface area (Å²) in [6.45, 7) is 2.49. The first-order chi connectivity index (χ1) is 10.3. The molecule has 2 rings (SSSR count). The summed E-state index contributed by atoms with van der Waals surface area (Å²) >= 11 is 5.84. The Balaban J connectivity index is 2.05. The molecule has 0 radical (unpaired) electrons. The highest BCUT2D eigenvalue weighted by molar-refractivity contribution is 6.30. The van der Waals surface area contributed by atoms with Crippen molar-refractivity contribution in [2.75, 3.05) is 20.1 Å². The van der Waals surface area contributed by atoms with Gasteiger partial charge in [0.2, 0.25) is 5.91 Å². The number of carbonyl (C=O) groups is 2. The third kappa shape index (κ3) is 3.78. The first-order valence-corrected chi connectivity index (χ1v) is 7.67. The molecule has 1 atom stereocenters. The van der Waals surface area contributed by atoms with Gasteiger partial charge in [-0.05, 0) is 30.5 Å². The predicted octanol–water partition coefficient (Wildman–Crippen LogP) is 1.67. The lowest BCUT2D eigenvalue weighted by molar-refractivity contribution is -0.159. The van der Waals surface area contributed by atoms with Crippen LogP contribution in [0.25, 0.3) is 0 Å². The Morgan fingerprint density at radius 1 is 1.36 bits per heavy atom. The lowest BCUT2D eigenvalue weighted by Crippen LogP contribution is -2.58. The van der Waals surface area contributed by atoms with Gasteiger partial charge in [0.15, 0.2) is 5.60 Å². The number of rotatable bonds is 3. The van der Waals surface area contributed by atoms with Crippen molar-refractivity contribution >= 4 is 23.4 Å². The average Bonchev–Trinajstić information content (AvgIpc) is 2.48. The third-order valence-corrected chi connectivity index (χ3v) is 4.25. The zero-order chi connectivity index (χ0) is 16.3. The molecule has 1 aromatic carbocycles. The van der Waals surface area contributed by atoms with E-state index in [1.54, 1.807) is 19.2 Å². The molecule has 5 nitrogen and oxygen atoms in total. The minimum Gasteiger partial charge on any atom is -0.378 e. The van der Waals surface area contributed by atoms with E-state index in [2.05, 4.69) is 0 Å². The summed E-state index contributed by atoms with van der Waals surface area (Å²) in [5.41, 5.74) is -0.562. The van der Waals surface area contributed by atoms with E-state index in [0.29, 0.717) is 31.0 Å². The van der Waals surface area contributed by atoms with Crippen LogP contribution in [0.4, 0.5) is 0 Å². The molecule has 1 N–H and O–H groups in total. The van der Waals surface area contributed by atoms with Gasteiger partial charge in [0, 0.05) is 32.1 Å². The minimum atomic E-state index is -1.49. The molecule has 22 heavy (non-hydrogen) atoms. The Kier molecular flexibility index (Phi) is 5.08. The molecule has 2 amide bonds. The van der Waals surface area contributed by atoms with Gasteiger partial charge < -0.3 is 14.9 Å². The number of hydrogen-bond donors (Lipinski definition) is 1. The molecule has 1 heterocycles. The molecule has 0 spiro atoms. The number of β-amino-alcohol motifs (C(OH)–C–C–N with tert-alkyl or cyclic N) is 1. The molecule has 1 saturated heterocycles. The molecular weight excluding hydrogens is 304 g/mol. The van der Waals surface area contributed by atoms with Crippen LogP contribution in [0.5, 0.6) is 0 Å². The fourth-order valence-corrected chi connectivity index (χ4v) is 2.90. The Morgan fingerprint density at radius 2 is 2.00 bits per heavy atom. The second-order valence-electron chi connectivity index (χ2n) is 5.86. The van der Waals surface area contributed by atoms with E-state index in [1.807, 2.05) is 12.1 Å². The maximum Gasteiger partial charge on any atom is 0.256 e. The van der Waals surface area contributed by atoms with E-state index in [1.165, 1.54) is 16.7 Å². The summed E-state index contributed by atoms with van der Waals surface area (Å²) in [7, 11) is 1.65. The highest BCUT2D eigenvalue weighted by Gasteiger charge is 2.42. The van der Waals surface area contributed by atoms with Gasteiger partial charge in [0.25, 0.3) is 5.91 Å². The fraction of sp³-hybridized carbons (Fsp3) is 0.500. The first kappa shape index (κ1) is 16.8. The maximum atomic E-state index is 12.6. The smallest absolute Gasteiger partial charge is 0.256 e. The summed E-state index contributed by atoms with van der Waals surface area (Å²) in [6, 6.07) is 7.22. The molecular formula is C16H21ClN2O3. The predicted molar refractivity (Wildman–Crippen MR) is 84.4 cm³/mol. The van der Waals surface area contributed by atoms with Crippen molar-refractivity contribution in [3.63, 3.8) is 0 Å². The van der Waals surface area contributed by atoms with Gasteiger partial charge in [0.05, 0.1) is 6.54 Å². The van der Waals surface area contributed by atoms with Gasteiger partial charge in [-0.2, -0.15) is 0 Å². The number of nitrogens with zero attached hydrogens (tertiary/aromatic N) is 2. The Bertz CT molecular complexity index is 561. The quantitative estimate of drug-likeness (QED) is 0.920. The van der Waals surface area contributed by atoms with Crippen LogP contribution in [-0.4, -0.2) is 52.5 Å². The van der Waals surface area contributed by atoms with Crippen molar-refractivity contribution in [2.24, 2.45) is 0 Å². The normalized spacial score (nSPS) is 21.5. The molecule has 1 aliphatic heterocycles. The van der Waals surface area contributed by atoms with Crippen LogP contribution < -0.4 is 0 Å². The lowest BCUT2D eigenvalue weighted by atomic mass is 9.91. The summed E-state index contributed by atoms with van der Waals surface area (Å²) < 4.78 is 0. The molecule has 1 aromatic rings. The van der Waals surface area contributed by atoms with Crippen molar-refractivity contribution in [1.82, 2.24) is 9.80 Å². The van der Waals surface area contributed by atoms with Gasteiger partial charge in [0.1, 0.15) is 0 Å². The second kappa shape index (κ2) is 6.67. The largest absolute Gasteiger partial charge is 0.378 e. The standard InChI is InChI=1S/C16H21ClN2O3/c1-12(20)19-9-3-8-16(22,11-19)15(21)18(2)10-13-4-6-14(17)7-5-13/h4-7,22H,3,8-11H2,1-2H3/t16-/m0/s1. The Morgan fingerprint density at radius 3 is 2.59 bits per heavy atom. The molecule has 0 unspecified atom stereocenters. The van der Waals surface area contributed by atoms with E-state index in [4.69, 9.17) is 11.6 Å². The van der Waals surface area contributed by atoms with Crippen molar-refractivity contribution in [3.8, 4) is 0 Å². The summed E-state index contributed by atoms with van der Waals surface area (Å²) in [4.78, 5) is 27.1. The van der Waals surface area contributed by atoms with Gasteiger partial charge in [-0.15, -0.1) is 0 Å². The zero-order valence-corrected chi connectivity index (χ0v) is 13.6. The van der Waals surface area contributed by atoms with Gasteiger partial charge in [-0.25, -0.2) is 0 Å².